The number of benzene rings is 6. The monoisotopic (exact) mass is 693 g/mol. The number of fused-ring (bicyclic) bond motifs is 3. The van der Waals surface area contributed by atoms with E-state index in [1.165, 1.54) is 90.7 Å². The standard InChI is InChI=1S/C53H43N/c1-3-11-33(12-4-1)35-21-22-47-44(28-35)52(37-24-31-23-32(26-37)27-38(52)25-31)45-29-36(34-13-5-2-6-14-34)30-46-51(45)54(47)48-20-10-17-41-49-39-15-7-8-18-42(39)53(46,50(41)48)43-19-9-16-40(43)49/h1-8,10-15,17-18,20-22,28-32,37-38,49H,9,16,19,23-27H2. The number of hydrogen-bond acceptors (Lipinski definition) is 1. The van der Waals surface area contributed by atoms with E-state index in [0.29, 0.717) is 17.8 Å². The summed E-state index contributed by atoms with van der Waals surface area (Å²) in [5.74, 6) is 3.47. The fourth-order valence-corrected chi connectivity index (χ4v) is 14.9. The van der Waals surface area contributed by atoms with Gasteiger partial charge in [0.1, 0.15) is 0 Å². The van der Waals surface area contributed by atoms with Crippen LogP contribution in [0.3, 0.4) is 0 Å². The molecule has 0 aromatic heterocycles. The summed E-state index contributed by atoms with van der Waals surface area (Å²) < 4.78 is 0. The average Bonchev–Trinajstić information content (AvgIpc) is 3.73. The average molecular weight is 694 g/mol. The molecule has 0 amide bonds. The van der Waals surface area contributed by atoms with Gasteiger partial charge in [0.15, 0.2) is 0 Å². The fourth-order valence-electron chi connectivity index (χ4n) is 14.9. The smallest absolute Gasteiger partial charge is 0.0711 e. The lowest BCUT2D eigenvalue weighted by Gasteiger charge is -2.65. The predicted octanol–water partition coefficient (Wildman–Crippen LogP) is 13.1. The highest BCUT2D eigenvalue weighted by Gasteiger charge is 2.65. The SMILES string of the molecule is c1ccc(-c2ccc3c(c2)C2(c4cc(-c5ccccc5)cc5c4N3c3cccc4c3C53C5=C(CCC5)C4c4ccccc43)C3CC4CC(C3)CC2C4)cc1. The lowest BCUT2D eigenvalue weighted by atomic mass is 9.40. The Bertz CT molecular complexity index is 2630. The van der Waals surface area contributed by atoms with Crippen LogP contribution < -0.4 is 4.90 Å². The second kappa shape index (κ2) is 9.93. The van der Waals surface area contributed by atoms with Crippen molar-refractivity contribution in [3.8, 4) is 22.3 Å². The topological polar surface area (TPSA) is 3.24 Å². The van der Waals surface area contributed by atoms with Crippen molar-refractivity contribution in [2.45, 2.75) is 68.1 Å². The molecule has 0 N–H and O–H groups in total. The van der Waals surface area contributed by atoms with Crippen molar-refractivity contribution in [1.82, 2.24) is 0 Å². The lowest BCUT2D eigenvalue weighted by molar-refractivity contribution is -0.0419. The van der Waals surface area contributed by atoms with Gasteiger partial charge in [-0.2, -0.15) is 0 Å². The van der Waals surface area contributed by atoms with Crippen molar-refractivity contribution in [3.05, 3.63) is 184 Å². The third-order valence-electron chi connectivity index (χ3n) is 16.2. The Morgan fingerprint density at radius 2 is 1.15 bits per heavy atom. The Kier molecular flexibility index (Phi) is 5.38. The van der Waals surface area contributed by atoms with Crippen LogP contribution in [0.2, 0.25) is 0 Å². The van der Waals surface area contributed by atoms with Gasteiger partial charge in [-0.1, -0.05) is 114 Å². The van der Waals surface area contributed by atoms with Gasteiger partial charge in [-0.15, -0.1) is 0 Å². The molecule has 0 radical (unpaired) electrons. The first-order valence-electron chi connectivity index (χ1n) is 20.9. The Balaban J connectivity index is 1.18. The van der Waals surface area contributed by atoms with E-state index in [-0.39, 0.29) is 10.8 Å². The Labute approximate surface area is 318 Å². The molecule has 6 aromatic rings. The van der Waals surface area contributed by atoms with Gasteiger partial charge >= 0.3 is 0 Å². The van der Waals surface area contributed by atoms with Crippen molar-refractivity contribution in [3.63, 3.8) is 0 Å². The molecular formula is C53H43N. The van der Waals surface area contributed by atoms with E-state index in [1.54, 1.807) is 50.1 Å². The third kappa shape index (κ3) is 3.22. The zero-order valence-corrected chi connectivity index (χ0v) is 30.7. The van der Waals surface area contributed by atoms with Crippen LogP contribution in [0.1, 0.15) is 96.2 Å². The normalized spacial score (nSPS) is 30.6. The van der Waals surface area contributed by atoms with Crippen molar-refractivity contribution in [2.75, 3.05) is 4.90 Å². The minimum atomic E-state index is -0.261. The second-order valence-electron chi connectivity index (χ2n) is 18.3. The molecular weight excluding hydrogens is 651 g/mol. The van der Waals surface area contributed by atoms with E-state index < -0.39 is 0 Å². The summed E-state index contributed by atoms with van der Waals surface area (Å²) in [6, 6.07) is 52.8. The first kappa shape index (κ1) is 29.2. The van der Waals surface area contributed by atoms with E-state index in [1.807, 2.05) is 0 Å². The van der Waals surface area contributed by atoms with E-state index >= 15 is 0 Å². The largest absolute Gasteiger partial charge is 0.309 e. The van der Waals surface area contributed by atoms with Crippen LogP contribution in [0.5, 0.6) is 0 Å². The van der Waals surface area contributed by atoms with Gasteiger partial charge in [-0.3, -0.25) is 0 Å². The van der Waals surface area contributed by atoms with Crippen LogP contribution in [0, 0.1) is 23.7 Å². The molecule has 4 saturated carbocycles. The molecule has 6 aromatic carbocycles. The van der Waals surface area contributed by atoms with Crippen molar-refractivity contribution >= 4 is 17.1 Å². The fraction of sp³-hybridized carbons (Fsp3) is 0.283. The Morgan fingerprint density at radius 1 is 0.481 bits per heavy atom. The minimum absolute atomic E-state index is 0.0110. The predicted molar refractivity (Wildman–Crippen MR) is 219 cm³/mol. The molecule has 2 atom stereocenters. The first-order valence-corrected chi connectivity index (χ1v) is 20.9. The third-order valence-corrected chi connectivity index (χ3v) is 16.2. The molecule has 8 aliphatic carbocycles. The van der Waals surface area contributed by atoms with E-state index in [0.717, 1.165) is 11.8 Å². The van der Waals surface area contributed by atoms with E-state index in [9.17, 15) is 0 Å². The van der Waals surface area contributed by atoms with Crippen LogP contribution in [0.15, 0.2) is 145 Å². The number of nitrogens with zero attached hydrogens (tertiary/aromatic N) is 1. The molecule has 6 bridgehead atoms. The maximum atomic E-state index is 2.81. The highest BCUT2D eigenvalue weighted by Crippen LogP contribution is 2.76. The van der Waals surface area contributed by atoms with Gasteiger partial charge in [0, 0.05) is 11.3 Å². The highest BCUT2D eigenvalue weighted by molar-refractivity contribution is 6.00. The first-order chi connectivity index (χ1) is 26.7. The highest BCUT2D eigenvalue weighted by atomic mass is 15.2. The minimum Gasteiger partial charge on any atom is -0.309 e. The molecule has 0 saturated heterocycles. The summed E-state index contributed by atoms with van der Waals surface area (Å²) in [6.07, 6.45) is 10.7. The number of allylic oxidation sites excluding steroid dienone is 2. The van der Waals surface area contributed by atoms with Gasteiger partial charge in [0.05, 0.1) is 22.5 Å². The van der Waals surface area contributed by atoms with Crippen molar-refractivity contribution in [1.29, 1.82) is 0 Å². The van der Waals surface area contributed by atoms with E-state index in [4.69, 9.17) is 0 Å². The number of anilines is 3. The lowest BCUT2D eigenvalue weighted by Crippen LogP contribution is -2.58. The number of hydrogen-bond donors (Lipinski definition) is 0. The van der Waals surface area contributed by atoms with Crippen LogP contribution >= 0.6 is 0 Å². The van der Waals surface area contributed by atoms with Gasteiger partial charge in [-0.05, 0) is 167 Å². The molecule has 54 heavy (non-hydrogen) atoms. The molecule has 1 nitrogen and oxygen atoms in total. The molecule has 2 heterocycles. The molecule has 10 aliphatic rings. The van der Waals surface area contributed by atoms with Gasteiger partial charge in [0.2, 0.25) is 0 Å². The quantitative estimate of drug-likeness (QED) is 0.163. The summed E-state index contributed by atoms with van der Waals surface area (Å²) >= 11 is 0. The maximum absolute atomic E-state index is 2.81. The molecule has 1 heteroatoms. The van der Waals surface area contributed by atoms with E-state index in [2.05, 4.69) is 138 Å². The molecule has 16 rings (SSSR count). The number of rotatable bonds is 2. The van der Waals surface area contributed by atoms with Crippen molar-refractivity contribution in [2.24, 2.45) is 23.7 Å². The molecule has 2 unspecified atom stereocenters. The van der Waals surface area contributed by atoms with Gasteiger partial charge < -0.3 is 4.90 Å². The maximum Gasteiger partial charge on any atom is 0.0711 e. The van der Waals surface area contributed by atoms with Gasteiger partial charge in [-0.25, -0.2) is 0 Å². The summed E-state index contributed by atoms with van der Waals surface area (Å²) in [5.41, 5.74) is 24.1. The molecule has 2 spiro atoms. The van der Waals surface area contributed by atoms with Crippen LogP contribution in [0.25, 0.3) is 22.3 Å². The molecule has 2 aliphatic heterocycles. The Morgan fingerprint density at radius 3 is 1.93 bits per heavy atom. The van der Waals surface area contributed by atoms with Crippen LogP contribution in [-0.4, -0.2) is 0 Å². The van der Waals surface area contributed by atoms with Crippen molar-refractivity contribution < 1.29 is 0 Å². The summed E-state index contributed by atoms with van der Waals surface area (Å²) in [7, 11) is 0. The van der Waals surface area contributed by atoms with Gasteiger partial charge in [0.25, 0.3) is 0 Å². The summed E-state index contributed by atoms with van der Waals surface area (Å²) in [4.78, 5) is 2.81. The second-order valence-corrected chi connectivity index (χ2v) is 18.3. The zero-order valence-electron chi connectivity index (χ0n) is 30.7. The van der Waals surface area contributed by atoms with Crippen LogP contribution in [-0.2, 0) is 10.8 Å². The molecule has 4 fully saturated rings. The van der Waals surface area contributed by atoms with Crippen LogP contribution in [0.4, 0.5) is 17.1 Å². The summed E-state index contributed by atoms with van der Waals surface area (Å²) in [5, 5.41) is 0. The summed E-state index contributed by atoms with van der Waals surface area (Å²) in [6.45, 7) is 0. The molecule has 260 valence electrons. The Hall–Kier alpha value is -5.14. The zero-order chi connectivity index (χ0) is 34.9.